The number of hydrogen-bond acceptors (Lipinski definition) is 6. The number of amides is 1. The van der Waals surface area contributed by atoms with E-state index in [0.717, 1.165) is 40.1 Å². The first kappa shape index (κ1) is 21.9. The number of pyridine rings is 2. The van der Waals surface area contributed by atoms with E-state index in [-0.39, 0.29) is 24.0 Å². The minimum Gasteiger partial charge on any atom is -0.493 e. The molecule has 3 atom stereocenters. The van der Waals surface area contributed by atoms with Crippen LogP contribution in [0.1, 0.15) is 47.1 Å². The lowest BCUT2D eigenvalue weighted by molar-refractivity contribution is 0.0944. The molecule has 0 unspecified atom stereocenters. The summed E-state index contributed by atoms with van der Waals surface area (Å²) in [5.41, 5.74) is 6.73. The zero-order chi connectivity index (χ0) is 24.3. The lowest BCUT2D eigenvalue weighted by Crippen LogP contribution is -2.31. The monoisotopic (exact) mass is 489 g/mol. The number of nitrogens with zero attached hydrogens (tertiary/aromatic N) is 2. The first-order valence-electron chi connectivity index (χ1n) is 11.4. The Morgan fingerprint density at radius 3 is 2.86 bits per heavy atom. The highest BCUT2D eigenvalue weighted by Crippen LogP contribution is 2.50. The third kappa shape index (κ3) is 3.52. The number of fused-ring (bicyclic) bond motifs is 4. The quantitative estimate of drug-likeness (QED) is 0.338. The van der Waals surface area contributed by atoms with Crippen LogP contribution >= 0.6 is 11.6 Å². The zero-order valence-electron chi connectivity index (χ0n) is 19.5. The van der Waals surface area contributed by atoms with Gasteiger partial charge < -0.3 is 25.1 Å². The number of nitrogens with one attached hydrogen (secondary N) is 3. The standard InChI is InChI=1S/C26H24ClN5O3/c1-12(34-2)16-7-8-17-21(29-16)13(9-10-28-17)23-24(30-18-6-4-5-15(27)25(18)35-3)20-22(32-23)14-11-19(14)31-26(20)33/h4-10,12,14,19,30,32H,11H2,1-3H3,(H,31,33)/t12-,14+,19-/m0/s1. The highest BCUT2D eigenvalue weighted by Gasteiger charge is 2.48. The normalized spacial score (nSPS) is 19.0. The van der Waals surface area contributed by atoms with Gasteiger partial charge in [-0.15, -0.1) is 0 Å². The molecule has 3 N–H and O–H groups in total. The van der Waals surface area contributed by atoms with Gasteiger partial charge in [0.05, 0.1) is 57.6 Å². The molecule has 178 valence electrons. The Morgan fingerprint density at radius 2 is 2.06 bits per heavy atom. The van der Waals surface area contributed by atoms with Crippen LogP contribution in [0.15, 0.2) is 42.6 Å². The van der Waals surface area contributed by atoms with Crippen molar-refractivity contribution >= 4 is 39.9 Å². The molecule has 35 heavy (non-hydrogen) atoms. The van der Waals surface area contributed by atoms with Crippen molar-refractivity contribution in [3.8, 4) is 17.0 Å². The summed E-state index contributed by atoms with van der Waals surface area (Å²) in [5.74, 6) is 0.664. The topological polar surface area (TPSA) is 101 Å². The van der Waals surface area contributed by atoms with Crippen molar-refractivity contribution < 1.29 is 14.3 Å². The predicted molar refractivity (Wildman–Crippen MR) is 135 cm³/mol. The van der Waals surface area contributed by atoms with E-state index in [2.05, 4.69) is 20.6 Å². The molecule has 4 aromatic rings. The van der Waals surface area contributed by atoms with Gasteiger partial charge in [0.2, 0.25) is 0 Å². The van der Waals surface area contributed by atoms with Crippen LogP contribution < -0.4 is 15.4 Å². The summed E-state index contributed by atoms with van der Waals surface area (Å²) >= 11 is 6.39. The van der Waals surface area contributed by atoms with Crippen molar-refractivity contribution in [2.75, 3.05) is 19.5 Å². The highest BCUT2D eigenvalue weighted by atomic mass is 35.5. The molecule has 0 spiro atoms. The number of anilines is 2. The van der Waals surface area contributed by atoms with Gasteiger partial charge in [0, 0.05) is 36.5 Å². The number of aromatic nitrogens is 3. The van der Waals surface area contributed by atoms with E-state index < -0.39 is 0 Å². The molecule has 0 radical (unpaired) electrons. The van der Waals surface area contributed by atoms with Crippen LogP contribution in [0, 0.1) is 0 Å². The summed E-state index contributed by atoms with van der Waals surface area (Å²) in [7, 11) is 3.23. The Bertz CT molecular complexity index is 1480. The van der Waals surface area contributed by atoms with E-state index in [0.29, 0.717) is 27.7 Å². The van der Waals surface area contributed by atoms with E-state index in [1.807, 2.05) is 37.3 Å². The third-order valence-electron chi connectivity index (χ3n) is 6.81. The fourth-order valence-corrected chi connectivity index (χ4v) is 5.06. The van der Waals surface area contributed by atoms with E-state index in [1.165, 1.54) is 0 Å². The summed E-state index contributed by atoms with van der Waals surface area (Å²) < 4.78 is 11.0. The first-order valence-corrected chi connectivity index (χ1v) is 11.8. The molecule has 1 amide bonds. The zero-order valence-corrected chi connectivity index (χ0v) is 20.2. The third-order valence-corrected chi connectivity index (χ3v) is 7.11. The van der Waals surface area contributed by atoms with Crippen molar-refractivity contribution in [2.45, 2.75) is 31.4 Å². The molecule has 0 bridgehead atoms. The van der Waals surface area contributed by atoms with Gasteiger partial charge in [-0.3, -0.25) is 9.78 Å². The van der Waals surface area contributed by atoms with E-state index in [9.17, 15) is 4.79 Å². The lowest BCUT2D eigenvalue weighted by Gasteiger charge is -2.17. The Kier molecular flexibility index (Phi) is 5.16. The molecular weight excluding hydrogens is 466 g/mol. The molecule has 1 aliphatic heterocycles. The van der Waals surface area contributed by atoms with Crippen LogP contribution in [0.4, 0.5) is 11.4 Å². The number of carbonyl (C=O) groups excluding carboxylic acids is 1. The molecule has 1 saturated carbocycles. The number of carbonyl (C=O) groups is 1. The Morgan fingerprint density at radius 1 is 1.20 bits per heavy atom. The van der Waals surface area contributed by atoms with Crippen molar-refractivity contribution in [2.24, 2.45) is 0 Å². The average Bonchev–Trinajstić information content (AvgIpc) is 3.55. The van der Waals surface area contributed by atoms with Gasteiger partial charge in [-0.25, -0.2) is 4.98 Å². The molecular formula is C26H24ClN5O3. The first-order chi connectivity index (χ1) is 17.0. The molecule has 1 aliphatic carbocycles. The molecule has 6 rings (SSSR count). The van der Waals surface area contributed by atoms with Crippen molar-refractivity contribution in [3.05, 3.63) is 64.6 Å². The number of methoxy groups -OCH3 is 2. The molecule has 1 fully saturated rings. The lowest BCUT2D eigenvalue weighted by atomic mass is 10.0. The van der Waals surface area contributed by atoms with Crippen LogP contribution in [-0.2, 0) is 4.74 Å². The van der Waals surface area contributed by atoms with Crippen LogP contribution in [0.3, 0.4) is 0 Å². The number of benzene rings is 1. The second kappa shape index (κ2) is 8.25. The molecule has 8 nitrogen and oxygen atoms in total. The fourth-order valence-electron chi connectivity index (χ4n) is 4.81. The summed E-state index contributed by atoms with van der Waals surface area (Å²) in [6, 6.07) is 11.4. The number of H-pyrrole nitrogens is 1. The number of hydrogen-bond donors (Lipinski definition) is 3. The molecule has 3 aromatic heterocycles. The maximum Gasteiger partial charge on any atom is 0.255 e. The SMILES string of the molecule is COc1c(Cl)cccc1Nc1c(-c2ccnc3ccc([C@H](C)OC)nc23)[nH]c2c1C(=O)N[C@H]1C[C@@H]21. The van der Waals surface area contributed by atoms with E-state index >= 15 is 0 Å². The summed E-state index contributed by atoms with van der Waals surface area (Å²) in [6.07, 6.45) is 2.50. The molecule has 2 aliphatic rings. The summed E-state index contributed by atoms with van der Waals surface area (Å²) in [5, 5.41) is 7.03. The summed E-state index contributed by atoms with van der Waals surface area (Å²) in [4.78, 5) is 26.1. The maximum absolute atomic E-state index is 13.2. The van der Waals surface area contributed by atoms with Crippen molar-refractivity contribution in [1.82, 2.24) is 20.3 Å². The Hall–Kier alpha value is -3.62. The van der Waals surface area contributed by atoms with Crippen LogP contribution in [0.2, 0.25) is 5.02 Å². The molecule has 4 heterocycles. The largest absolute Gasteiger partial charge is 0.493 e. The second-order valence-corrected chi connectivity index (χ2v) is 9.28. The number of halogens is 1. The van der Waals surface area contributed by atoms with Crippen molar-refractivity contribution in [3.63, 3.8) is 0 Å². The van der Waals surface area contributed by atoms with Crippen LogP contribution in [0.25, 0.3) is 22.3 Å². The van der Waals surface area contributed by atoms with Gasteiger partial charge in [-0.1, -0.05) is 17.7 Å². The summed E-state index contributed by atoms with van der Waals surface area (Å²) in [6.45, 7) is 1.95. The average molecular weight is 490 g/mol. The minimum atomic E-state index is -0.171. The number of rotatable bonds is 6. The van der Waals surface area contributed by atoms with Gasteiger partial charge in [0.15, 0.2) is 5.75 Å². The van der Waals surface area contributed by atoms with Gasteiger partial charge in [-0.2, -0.15) is 0 Å². The van der Waals surface area contributed by atoms with Gasteiger partial charge in [0.25, 0.3) is 5.91 Å². The molecule has 1 aromatic carbocycles. The minimum absolute atomic E-state index is 0.107. The molecule has 9 heteroatoms. The van der Waals surface area contributed by atoms with Crippen molar-refractivity contribution in [1.29, 1.82) is 0 Å². The second-order valence-electron chi connectivity index (χ2n) is 8.87. The smallest absolute Gasteiger partial charge is 0.255 e. The number of aromatic amines is 1. The van der Waals surface area contributed by atoms with Gasteiger partial charge >= 0.3 is 0 Å². The van der Waals surface area contributed by atoms with E-state index in [4.69, 9.17) is 26.1 Å². The van der Waals surface area contributed by atoms with E-state index in [1.54, 1.807) is 26.5 Å². The maximum atomic E-state index is 13.2. The molecule has 0 saturated heterocycles. The Labute approximate surface area is 207 Å². The fraction of sp³-hybridized carbons (Fsp3) is 0.269. The van der Waals surface area contributed by atoms with Crippen LogP contribution in [-0.4, -0.2) is 41.1 Å². The Balaban J connectivity index is 1.59. The number of para-hydroxylation sites is 1. The highest BCUT2D eigenvalue weighted by molar-refractivity contribution is 6.32. The van der Waals surface area contributed by atoms with Crippen LogP contribution in [0.5, 0.6) is 5.75 Å². The van der Waals surface area contributed by atoms with Gasteiger partial charge in [-0.05, 0) is 43.7 Å². The van der Waals surface area contributed by atoms with Gasteiger partial charge in [0.1, 0.15) is 0 Å². The number of ether oxygens (including phenoxy) is 2. The predicted octanol–water partition coefficient (Wildman–Crippen LogP) is 5.34.